The zero-order valence-electron chi connectivity index (χ0n) is 18.6. The second-order valence-electron chi connectivity index (χ2n) is 8.03. The topological polar surface area (TPSA) is 95.9 Å². The standard InChI is InChI=1S/C27H26N2O5/c30-25(29(17-15-26(31)32)19-8-2-1-3-9-19)14-16-28-27(33)34-18-24-22-12-6-4-10-20(22)21-11-5-7-13-23(21)24/h1-13,24H,14-18H2,(H,28,33)(H,31,32). The molecule has 1 aliphatic carbocycles. The van der Waals surface area contributed by atoms with Crippen molar-refractivity contribution in [2.24, 2.45) is 0 Å². The summed E-state index contributed by atoms with van der Waals surface area (Å²) in [6.07, 6.45) is -0.731. The number of rotatable bonds is 9. The molecular weight excluding hydrogens is 432 g/mol. The number of ether oxygens (including phenoxy) is 1. The van der Waals surface area contributed by atoms with Gasteiger partial charge in [-0.25, -0.2) is 4.79 Å². The fourth-order valence-electron chi connectivity index (χ4n) is 4.27. The SMILES string of the molecule is O=C(O)CCN(C(=O)CCNC(=O)OCC1c2ccccc2-c2ccccc21)c1ccccc1. The van der Waals surface area contributed by atoms with E-state index in [1.807, 2.05) is 30.3 Å². The second kappa shape index (κ2) is 10.7. The summed E-state index contributed by atoms with van der Waals surface area (Å²) in [6, 6.07) is 25.1. The zero-order valence-corrected chi connectivity index (χ0v) is 18.6. The Labute approximate surface area is 198 Å². The first-order chi connectivity index (χ1) is 16.5. The molecule has 3 aromatic rings. The number of aliphatic carboxylic acids is 1. The molecule has 0 radical (unpaired) electrons. The Kier molecular flexibility index (Phi) is 7.22. The van der Waals surface area contributed by atoms with Crippen LogP contribution in [0.25, 0.3) is 11.1 Å². The van der Waals surface area contributed by atoms with Crippen molar-refractivity contribution >= 4 is 23.7 Å². The van der Waals surface area contributed by atoms with Gasteiger partial charge in [-0.15, -0.1) is 0 Å². The summed E-state index contributed by atoms with van der Waals surface area (Å²) < 4.78 is 5.49. The smallest absolute Gasteiger partial charge is 0.407 e. The molecule has 4 rings (SSSR count). The van der Waals surface area contributed by atoms with Gasteiger partial charge in [0, 0.05) is 31.1 Å². The number of benzene rings is 3. The molecule has 0 atom stereocenters. The van der Waals surface area contributed by atoms with E-state index in [9.17, 15) is 14.4 Å². The van der Waals surface area contributed by atoms with Gasteiger partial charge in [0.05, 0.1) is 6.42 Å². The number of carbonyl (C=O) groups is 3. The fraction of sp³-hybridized carbons (Fsp3) is 0.222. The van der Waals surface area contributed by atoms with Gasteiger partial charge < -0.3 is 20.1 Å². The van der Waals surface area contributed by atoms with Crippen LogP contribution in [0, 0.1) is 0 Å². The van der Waals surface area contributed by atoms with Gasteiger partial charge in [0.15, 0.2) is 0 Å². The first-order valence-electron chi connectivity index (χ1n) is 11.2. The van der Waals surface area contributed by atoms with E-state index in [2.05, 4.69) is 29.6 Å². The molecule has 0 spiro atoms. The summed E-state index contributed by atoms with van der Waals surface area (Å²) in [5.41, 5.74) is 5.18. The summed E-state index contributed by atoms with van der Waals surface area (Å²) in [5.74, 6) is -1.29. The Hall–Kier alpha value is -4.13. The Balaban J connectivity index is 1.30. The van der Waals surface area contributed by atoms with E-state index < -0.39 is 12.1 Å². The number of alkyl carbamates (subject to hydrolysis) is 1. The predicted octanol–water partition coefficient (Wildman–Crippen LogP) is 4.42. The maximum Gasteiger partial charge on any atom is 0.407 e. The first kappa shape index (κ1) is 23.0. The molecule has 0 saturated heterocycles. The zero-order chi connectivity index (χ0) is 23.9. The van der Waals surface area contributed by atoms with E-state index in [1.165, 1.54) is 4.90 Å². The third-order valence-electron chi connectivity index (χ3n) is 5.87. The number of anilines is 1. The van der Waals surface area contributed by atoms with Crippen molar-refractivity contribution < 1.29 is 24.2 Å². The minimum atomic E-state index is -0.981. The molecule has 7 heteroatoms. The third-order valence-corrected chi connectivity index (χ3v) is 5.87. The molecule has 0 aliphatic heterocycles. The average molecular weight is 459 g/mol. The van der Waals surface area contributed by atoms with Crippen LogP contribution in [0.5, 0.6) is 0 Å². The van der Waals surface area contributed by atoms with E-state index in [0.717, 1.165) is 22.3 Å². The van der Waals surface area contributed by atoms with Crippen LogP contribution in [0.2, 0.25) is 0 Å². The van der Waals surface area contributed by atoms with Crippen molar-refractivity contribution in [2.75, 3.05) is 24.6 Å². The van der Waals surface area contributed by atoms with Crippen LogP contribution in [-0.4, -0.2) is 42.8 Å². The van der Waals surface area contributed by atoms with E-state index in [0.29, 0.717) is 5.69 Å². The van der Waals surface area contributed by atoms with Crippen molar-refractivity contribution in [1.82, 2.24) is 5.32 Å². The first-order valence-corrected chi connectivity index (χ1v) is 11.2. The number of carbonyl (C=O) groups excluding carboxylic acids is 2. The molecule has 2 amide bonds. The molecule has 174 valence electrons. The quantitative estimate of drug-likeness (QED) is 0.495. The van der Waals surface area contributed by atoms with Crippen molar-refractivity contribution in [2.45, 2.75) is 18.8 Å². The molecular formula is C27H26N2O5. The third kappa shape index (κ3) is 5.26. The summed E-state index contributed by atoms with van der Waals surface area (Å²) in [5, 5.41) is 11.6. The highest BCUT2D eigenvalue weighted by atomic mass is 16.5. The lowest BCUT2D eigenvalue weighted by molar-refractivity contribution is -0.136. The summed E-state index contributed by atoms with van der Waals surface area (Å²) >= 11 is 0. The van der Waals surface area contributed by atoms with Gasteiger partial charge in [0.1, 0.15) is 6.61 Å². The normalized spacial score (nSPS) is 11.9. The molecule has 34 heavy (non-hydrogen) atoms. The number of para-hydroxylation sites is 1. The van der Waals surface area contributed by atoms with Crippen molar-refractivity contribution in [3.63, 3.8) is 0 Å². The Morgan fingerprint density at radius 3 is 2.03 bits per heavy atom. The average Bonchev–Trinajstić information content (AvgIpc) is 3.17. The molecule has 3 aromatic carbocycles. The highest BCUT2D eigenvalue weighted by Gasteiger charge is 2.29. The van der Waals surface area contributed by atoms with Crippen LogP contribution in [0.1, 0.15) is 29.9 Å². The number of fused-ring (bicyclic) bond motifs is 3. The predicted molar refractivity (Wildman–Crippen MR) is 129 cm³/mol. The fourth-order valence-corrected chi connectivity index (χ4v) is 4.27. The van der Waals surface area contributed by atoms with Crippen LogP contribution >= 0.6 is 0 Å². The molecule has 1 aliphatic rings. The van der Waals surface area contributed by atoms with Gasteiger partial charge in [0.25, 0.3) is 0 Å². The molecule has 2 N–H and O–H groups in total. The lowest BCUT2D eigenvalue weighted by Crippen LogP contribution is -2.36. The maximum absolute atomic E-state index is 12.7. The molecule has 0 heterocycles. The van der Waals surface area contributed by atoms with Gasteiger partial charge in [-0.1, -0.05) is 66.7 Å². The lowest BCUT2D eigenvalue weighted by Gasteiger charge is -2.22. The van der Waals surface area contributed by atoms with E-state index >= 15 is 0 Å². The van der Waals surface area contributed by atoms with Gasteiger partial charge >= 0.3 is 12.1 Å². The second-order valence-corrected chi connectivity index (χ2v) is 8.03. The van der Waals surface area contributed by atoms with Crippen LogP contribution in [0.4, 0.5) is 10.5 Å². The van der Waals surface area contributed by atoms with E-state index in [-0.39, 0.29) is 44.4 Å². The number of nitrogens with one attached hydrogen (secondary N) is 1. The van der Waals surface area contributed by atoms with E-state index in [4.69, 9.17) is 9.84 Å². The summed E-state index contributed by atoms with van der Waals surface area (Å²) in [4.78, 5) is 37.5. The number of amides is 2. The minimum Gasteiger partial charge on any atom is -0.481 e. The van der Waals surface area contributed by atoms with Crippen molar-refractivity contribution in [1.29, 1.82) is 0 Å². The minimum absolute atomic E-state index is 0.0265. The highest BCUT2D eigenvalue weighted by molar-refractivity contribution is 5.94. The number of hydrogen-bond acceptors (Lipinski definition) is 4. The van der Waals surface area contributed by atoms with Crippen LogP contribution in [0.3, 0.4) is 0 Å². The Morgan fingerprint density at radius 2 is 1.41 bits per heavy atom. The van der Waals surface area contributed by atoms with Crippen LogP contribution in [-0.2, 0) is 14.3 Å². The Morgan fingerprint density at radius 1 is 0.824 bits per heavy atom. The molecule has 0 unspecified atom stereocenters. The molecule has 7 nitrogen and oxygen atoms in total. The van der Waals surface area contributed by atoms with Gasteiger partial charge in [-0.3, -0.25) is 9.59 Å². The number of hydrogen-bond donors (Lipinski definition) is 2. The maximum atomic E-state index is 12.7. The van der Waals surface area contributed by atoms with Crippen molar-refractivity contribution in [3.8, 4) is 11.1 Å². The van der Waals surface area contributed by atoms with Gasteiger partial charge in [-0.05, 0) is 34.4 Å². The summed E-state index contributed by atoms with van der Waals surface area (Å²) in [7, 11) is 0. The van der Waals surface area contributed by atoms with Crippen molar-refractivity contribution in [3.05, 3.63) is 90.0 Å². The number of nitrogens with zero attached hydrogens (tertiary/aromatic N) is 1. The monoisotopic (exact) mass is 458 g/mol. The molecule has 0 fully saturated rings. The van der Waals surface area contributed by atoms with E-state index in [1.54, 1.807) is 24.3 Å². The summed E-state index contributed by atoms with van der Waals surface area (Å²) in [6.45, 7) is 0.345. The van der Waals surface area contributed by atoms with Crippen LogP contribution in [0.15, 0.2) is 78.9 Å². The Bertz CT molecular complexity index is 1130. The molecule has 0 aromatic heterocycles. The van der Waals surface area contributed by atoms with Crippen LogP contribution < -0.4 is 10.2 Å². The number of carboxylic acid groups (broad SMARTS) is 1. The van der Waals surface area contributed by atoms with Gasteiger partial charge in [-0.2, -0.15) is 0 Å². The molecule has 0 saturated carbocycles. The van der Waals surface area contributed by atoms with Gasteiger partial charge in [0.2, 0.25) is 5.91 Å². The lowest BCUT2D eigenvalue weighted by atomic mass is 9.98. The largest absolute Gasteiger partial charge is 0.481 e. The molecule has 0 bridgehead atoms. The highest BCUT2D eigenvalue weighted by Crippen LogP contribution is 2.44. The number of carboxylic acids is 1.